The van der Waals surface area contributed by atoms with E-state index in [1.54, 1.807) is 0 Å². The molecule has 1 saturated carbocycles. The van der Waals surface area contributed by atoms with Crippen LogP contribution in [0.4, 0.5) is 13.2 Å². The van der Waals surface area contributed by atoms with Gasteiger partial charge in [0.05, 0.1) is 11.0 Å². The summed E-state index contributed by atoms with van der Waals surface area (Å²) < 4.78 is 37.5. The number of carboxylic acid groups (broad SMARTS) is 1. The topological polar surface area (TPSA) is 54.4 Å². The minimum atomic E-state index is -4.46. The van der Waals surface area contributed by atoms with E-state index in [0.29, 0.717) is 12.8 Å². The molecule has 0 spiro atoms. The van der Waals surface area contributed by atoms with Crippen molar-refractivity contribution in [2.45, 2.75) is 37.3 Å². The Hall–Kier alpha value is -1.85. The van der Waals surface area contributed by atoms with Crippen molar-refractivity contribution >= 4 is 11.8 Å². The maximum Gasteiger partial charge on any atom is 0.416 e. The molecule has 0 saturated heterocycles. The molecule has 6 heteroatoms. The van der Waals surface area contributed by atoms with Crippen molar-refractivity contribution < 1.29 is 27.9 Å². The summed E-state index contributed by atoms with van der Waals surface area (Å²) in [7, 11) is 0. The highest BCUT2D eigenvalue weighted by atomic mass is 19.4. The molecule has 20 heavy (non-hydrogen) atoms. The highest BCUT2D eigenvalue weighted by Crippen LogP contribution is 2.39. The van der Waals surface area contributed by atoms with Crippen LogP contribution < -0.4 is 0 Å². The molecule has 1 atom stereocenters. The zero-order valence-corrected chi connectivity index (χ0v) is 10.5. The number of halogens is 3. The number of ketones is 1. The van der Waals surface area contributed by atoms with E-state index in [2.05, 4.69) is 0 Å². The van der Waals surface area contributed by atoms with Gasteiger partial charge < -0.3 is 5.11 Å². The highest BCUT2D eigenvalue weighted by molar-refractivity contribution is 5.91. The molecule has 1 aliphatic rings. The van der Waals surface area contributed by atoms with Crippen LogP contribution in [0.15, 0.2) is 24.3 Å². The van der Waals surface area contributed by atoms with E-state index >= 15 is 0 Å². The summed E-state index contributed by atoms with van der Waals surface area (Å²) in [5, 5.41) is 9.41. The van der Waals surface area contributed by atoms with E-state index < -0.39 is 23.1 Å². The van der Waals surface area contributed by atoms with E-state index in [-0.39, 0.29) is 24.2 Å². The summed E-state index contributed by atoms with van der Waals surface area (Å²) >= 11 is 0. The van der Waals surface area contributed by atoms with E-state index in [0.717, 1.165) is 24.3 Å². The van der Waals surface area contributed by atoms with Gasteiger partial charge in [-0.05, 0) is 30.5 Å². The van der Waals surface area contributed by atoms with Gasteiger partial charge in [-0.2, -0.15) is 13.2 Å². The number of hydrogen-bond acceptors (Lipinski definition) is 2. The lowest BCUT2D eigenvalue weighted by molar-refractivity contribution is -0.147. The molecule has 1 aromatic rings. The molecule has 1 aliphatic carbocycles. The van der Waals surface area contributed by atoms with Crippen LogP contribution in [0, 0.1) is 0 Å². The summed E-state index contributed by atoms with van der Waals surface area (Å²) in [5.41, 5.74) is -1.96. The molecule has 1 aromatic carbocycles. The Morgan fingerprint density at radius 1 is 1.20 bits per heavy atom. The van der Waals surface area contributed by atoms with E-state index in [4.69, 9.17) is 0 Å². The summed E-state index contributed by atoms with van der Waals surface area (Å²) in [6, 6.07) is 4.04. The molecule has 0 aliphatic heterocycles. The molecule has 0 heterocycles. The smallest absolute Gasteiger partial charge is 0.416 e. The van der Waals surface area contributed by atoms with Crippen LogP contribution in [-0.4, -0.2) is 16.9 Å². The lowest BCUT2D eigenvalue weighted by Gasteiger charge is -2.32. The average molecular weight is 286 g/mol. The number of alkyl halides is 3. The summed E-state index contributed by atoms with van der Waals surface area (Å²) in [5.74, 6) is -1.33. The zero-order valence-electron chi connectivity index (χ0n) is 10.5. The quantitative estimate of drug-likeness (QED) is 0.908. The van der Waals surface area contributed by atoms with Crippen molar-refractivity contribution in [3.05, 3.63) is 35.4 Å². The lowest BCUT2D eigenvalue weighted by Crippen LogP contribution is -2.40. The SMILES string of the molecule is O=C1CCCC(C(=O)O)(c2ccc(C(F)(F)F)cc2)C1. The molecule has 108 valence electrons. The number of aliphatic carboxylic acids is 1. The van der Waals surface area contributed by atoms with Crippen LogP contribution in [0.3, 0.4) is 0 Å². The molecule has 0 bridgehead atoms. The van der Waals surface area contributed by atoms with Gasteiger partial charge in [0.15, 0.2) is 0 Å². The predicted molar refractivity (Wildman–Crippen MR) is 64.2 cm³/mol. The molecule has 1 unspecified atom stereocenters. The Morgan fingerprint density at radius 2 is 1.80 bits per heavy atom. The minimum absolute atomic E-state index is 0.159. The fraction of sp³-hybridized carbons (Fsp3) is 0.429. The number of benzene rings is 1. The Bertz CT molecular complexity index is 534. The first-order chi connectivity index (χ1) is 9.25. The predicted octanol–water partition coefficient (Wildman–Crippen LogP) is 3.17. The van der Waals surface area contributed by atoms with Gasteiger partial charge in [0, 0.05) is 12.8 Å². The van der Waals surface area contributed by atoms with Crippen LogP contribution in [0.5, 0.6) is 0 Å². The number of carboxylic acids is 1. The highest BCUT2D eigenvalue weighted by Gasteiger charge is 2.44. The molecular formula is C14H13F3O3. The number of rotatable bonds is 2. The molecule has 0 aromatic heterocycles. The van der Waals surface area contributed by atoms with Crippen molar-refractivity contribution in [2.24, 2.45) is 0 Å². The Balaban J connectivity index is 2.40. The zero-order chi connectivity index (χ0) is 15.0. The Kier molecular flexibility index (Phi) is 3.58. The van der Waals surface area contributed by atoms with E-state index in [1.165, 1.54) is 0 Å². The Labute approximate surface area is 113 Å². The third-order valence-electron chi connectivity index (χ3n) is 3.73. The van der Waals surface area contributed by atoms with E-state index in [1.807, 2.05) is 0 Å². The fourth-order valence-electron chi connectivity index (χ4n) is 2.63. The van der Waals surface area contributed by atoms with Crippen LogP contribution in [0.2, 0.25) is 0 Å². The van der Waals surface area contributed by atoms with Gasteiger partial charge in [-0.1, -0.05) is 12.1 Å². The Morgan fingerprint density at radius 3 is 2.25 bits per heavy atom. The van der Waals surface area contributed by atoms with Crippen LogP contribution in [0.25, 0.3) is 0 Å². The standard InChI is InChI=1S/C14H13F3O3/c15-14(16,17)10-5-3-9(4-6-10)13(12(19)20)7-1-2-11(18)8-13/h3-6H,1-2,7-8H2,(H,19,20). The van der Waals surface area contributed by atoms with Crippen molar-refractivity contribution in [1.29, 1.82) is 0 Å². The lowest BCUT2D eigenvalue weighted by atomic mass is 9.69. The van der Waals surface area contributed by atoms with Crippen LogP contribution >= 0.6 is 0 Å². The third-order valence-corrected chi connectivity index (χ3v) is 3.73. The normalized spacial score (nSPS) is 23.6. The van der Waals surface area contributed by atoms with Crippen molar-refractivity contribution in [2.75, 3.05) is 0 Å². The van der Waals surface area contributed by atoms with Gasteiger partial charge in [-0.15, -0.1) is 0 Å². The number of Topliss-reactive ketones (excluding diaryl/α,β-unsaturated/α-hetero) is 1. The summed E-state index contributed by atoms with van der Waals surface area (Å²) in [4.78, 5) is 23.1. The van der Waals surface area contributed by atoms with Crippen molar-refractivity contribution in [1.82, 2.24) is 0 Å². The maximum absolute atomic E-state index is 12.5. The molecule has 3 nitrogen and oxygen atoms in total. The van der Waals surface area contributed by atoms with Crippen LogP contribution in [-0.2, 0) is 21.2 Å². The maximum atomic E-state index is 12.5. The van der Waals surface area contributed by atoms with Gasteiger partial charge >= 0.3 is 12.1 Å². The molecule has 1 fully saturated rings. The second kappa shape index (κ2) is 4.92. The molecule has 1 N–H and O–H groups in total. The first kappa shape index (κ1) is 14.6. The third kappa shape index (κ3) is 2.55. The molecular weight excluding hydrogens is 273 g/mol. The minimum Gasteiger partial charge on any atom is -0.481 e. The molecule has 2 rings (SSSR count). The van der Waals surface area contributed by atoms with Crippen molar-refractivity contribution in [3.8, 4) is 0 Å². The molecule has 0 amide bonds. The molecule has 0 radical (unpaired) electrons. The summed E-state index contributed by atoms with van der Waals surface area (Å²) in [6.07, 6.45) is -3.59. The number of carbonyl (C=O) groups is 2. The van der Waals surface area contributed by atoms with Gasteiger partial charge in [0.1, 0.15) is 5.78 Å². The monoisotopic (exact) mass is 286 g/mol. The second-order valence-electron chi connectivity index (χ2n) is 5.03. The van der Waals surface area contributed by atoms with Crippen molar-refractivity contribution in [3.63, 3.8) is 0 Å². The van der Waals surface area contributed by atoms with Gasteiger partial charge in [-0.25, -0.2) is 0 Å². The summed E-state index contributed by atoms with van der Waals surface area (Å²) in [6.45, 7) is 0. The first-order valence-electron chi connectivity index (χ1n) is 6.18. The van der Waals surface area contributed by atoms with Gasteiger partial charge in [0.2, 0.25) is 0 Å². The van der Waals surface area contributed by atoms with Gasteiger partial charge in [0.25, 0.3) is 0 Å². The largest absolute Gasteiger partial charge is 0.481 e. The average Bonchev–Trinajstić information content (AvgIpc) is 2.37. The van der Waals surface area contributed by atoms with E-state index in [9.17, 15) is 27.9 Å². The fourth-order valence-corrected chi connectivity index (χ4v) is 2.63. The number of hydrogen-bond donors (Lipinski definition) is 1. The number of carbonyl (C=O) groups excluding carboxylic acids is 1. The van der Waals surface area contributed by atoms with Crippen LogP contribution in [0.1, 0.15) is 36.8 Å². The van der Waals surface area contributed by atoms with Gasteiger partial charge in [-0.3, -0.25) is 9.59 Å². The second-order valence-corrected chi connectivity index (χ2v) is 5.03. The first-order valence-corrected chi connectivity index (χ1v) is 6.18.